The zero-order valence-electron chi connectivity index (χ0n) is 10.6. The van der Waals surface area contributed by atoms with Gasteiger partial charge in [0.25, 0.3) is 0 Å². The molecule has 0 radical (unpaired) electrons. The molecule has 0 N–H and O–H groups in total. The van der Waals surface area contributed by atoms with Gasteiger partial charge in [0.1, 0.15) is 6.10 Å². The summed E-state index contributed by atoms with van der Waals surface area (Å²) in [6, 6.07) is 0. The fraction of sp³-hybridized carbons (Fsp3) is 1.00. The molecule has 1 aliphatic rings. The van der Waals surface area contributed by atoms with Crippen LogP contribution in [-0.2, 0) is 18.3 Å². The third kappa shape index (κ3) is 5.40. The number of rotatable bonds is 10. The number of epoxide rings is 1. The number of hydrogen-bond donors (Lipinski definition) is 0. The van der Waals surface area contributed by atoms with Crippen LogP contribution in [0.2, 0.25) is 0 Å². The molecular weight excluding hydrogens is 224 g/mol. The van der Waals surface area contributed by atoms with E-state index >= 15 is 0 Å². The van der Waals surface area contributed by atoms with Gasteiger partial charge in [-0.3, -0.25) is 0 Å². The summed E-state index contributed by atoms with van der Waals surface area (Å²) in [5, 5.41) is 0. The Kier molecular flexibility index (Phi) is 7.23. The van der Waals surface area contributed by atoms with E-state index in [2.05, 4.69) is 6.92 Å². The van der Waals surface area contributed by atoms with E-state index in [4.69, 9.17) is 18.3 Å². The summed E-state index contributed by atoms with van der Waals surface area (Å²) in [6.07, 6.45) is 2.43. The molecule has 1 fully saturated rings. The Hall–Kier alpha value is 0.0569. The van der Waals surface area contributed by atoms with Crippen molar-refractivity contribution in [3.63, 3.8) is 0 Å². The van der Waals surface area contributed by atoms with Gasteiger partial charge in [-0.2, -0.15) is 0 Å². The third-order valence-corrected chi connectivity index (χ3v) is 4.89. The second-order valence-corrected chi connectivity index (χ2v) is 6.04. The van der Waals surface area contributed by atoms with Crippen LogP contribution in [0.25, 0.3) is 0 Å². The lowest BCUT2D eigenvalue weighted by molar-refractivity contribution is 0.0470. The van der Waals surface area contributed by atoms with Crippen molar-refractivity contribution in [2.45, 2.75) is 45.4 Å². The summed E-state index contributed by atoms with van der Waals surface area (Å²) in [6.45, 7) is 9.12. The first-order valence-corrected chi connectivity index (χ1v) is 7.89. The van der Waals surface area contributed by atoms with Crippen molar-refractivity contribution >= 4 is 9.28 Å². The lowest BCUT2D eigenvalue weighted by atomic mass is 10.3. The van der Waals surface area contributed by atoms with Gasteiger partial charge in [0.05, 0.1) is 18.9 Å². The normalized spacial score (nSPS) is 21.4. The maximum atomic E-state index is 5.86. The first-order valence-electron chi connectivity index (χ1n) is 6.28. The summed E-state index contributed by atoms with van der Waals surface area (Å²) in [5.41, 5.74) is 0.161. The molecule has 0 spiro atoms. The lowest BCUT2D eigenvalue weighted by Gasteiger charge is -2.24. The van der Waals surface area contributed by atoms with Gasteiger partial charge < -0.3 is 18.3 Å². The largest absolute Gasteiger partial charge is 0.395 e. The summed E-state index contributed by atoms with van der Waals surface area (Å²) in [4.78, 5) is 0. The summed E-state index contributed by atoms with van der Waals surface area (Å²) < 4.78 is 22.4. The highest BCUT2D eigenvalue weighted by molar-refractivity contribution is 6.46. The average Bonchev–Trinajstić information content (AvgIpc) is 3.08. The minimum atomic E-state index is -1.68. The van der Waals surface area contributed by atoms with E-state index in [0.717, 1.165) is 19.4 Å². The average molecular weight is 248 g/mol. The molecule has 0 aliphatic carbocycles. The van der Waals surface area contributed by atoms with E-state index in [1.54, 1.807) is 0 Å². The van der Waals surface area contributed by atoms with Crippen LogP contribution in [0.3, 0.4) is 0 Å². The standard InChI is InChI=1S/C11H24O4Si/c1-4-7-11(13-9-10-8-12-10)16(14-5-2)15-6-3/h10-11,16H,4-9H2,1-3H3. The SMILES string of the molecule is CCCC(OCC1CO1)[SiH](OCC)OCC. The van der Waals surface area contributed by atoms with Crippen LogP contribution in [-0.4, -0.2) is 47.5 Å². The third-order valence-electron chi connectivity index (χ3n) is 2.44. The number of ether oxygens (including phenoxy) is 2. The smallest absolute Gasteiger partial charge is 0.351 e. The molecule has 1 rings (SSSR count). The molecule has 4 nitrogen and oxygen atoms in total. The fourth-order valence-corrected chi connectivity index (χ4v) is 3.63. The summed E-state index contributed by atoms with van der Waals surface area (Å²) in [5.74, 6) is 0. The van der Waals surface area contributed by atoms with Crippen LogP contribution < -0.4 is 0 Å². The van der Waals surface area contributed by atoms with E-state index in [1.165, 1.54) is 0 Å². The second-order valence-electron chi connectivity index (χ2n) is 3.89. The van der Waals surface area contributed by atoms with Crippen molar-refractivity contribution < 1.29 is 18.3 Å². The highest BCUT2D eigenvalue weighted by Crippen LogP contribution is 2.14. The maximum absolute atomic E-state index is 5.86. The number of hydrogen-bond acceptors (Lipinski definition) is 4. The zero-order valence-corrected chi connectivity index (χ0v) is 11.8. The first kappa shape index (κ1) is 14.1. The van der Waals surface area contributed by atoms with E-state index in [1.807, 2.05) is 13.8 Å². The van der Waals surface area contributed by atoms with Gasteiger partial charge >= 0.3 is 9.28 Å². The van der Waals surface area contributed by atoms with Crippen molar-refractivity contribution in [2.75, 3.05) is 26.4 Å². The highest BCUT2D eigenvalue weighted by atomic mass is 28.3. The van der Waals surface area contributed by atoms with Crippen LogP contribution in [0.15, 0.2) is 0 Å². The van der Waals surface area contributed by atoms with Gasteiger partial charge in [-0.1, -0.05) is 13.3 Å². The highest BCUT2D eigenvalue weighted by Gasteiger charge is 2.30. The summed E-state index contributed by atoms with van der Waals surface area (Å²) >= 11 is 0. The molecule has 16 heavy (non-hydrogen) atoms. The molecule has 1 heterocycles. The van der Waals surface area contributed by atoms with E-state index < -0.39 is 9.28 Å². The van der Waals surface area contributed by atoms with Gasteiger partial charge in [-0.05, 0) is 20.3 Å². The van der Waals surface area contributed by atoms with Crippen molar-refractivity contribution in [3.8, 4) is 0 Å². The molecule has 0 amide bonds. The van der Waals surface area contributed by atoms with Gasteiger partial charge in [-0.15, -0.1) is 0 Å². The van der Waals surface area contributed by atoms with Gasteiger partial charge in [0, 0.05) is 13.2 Å². The molecule has 0 bridgehead atoms. The monoisotopic (exact) mass is 248 g/mol. The van der Waals surface area contributed by atoms with Crippen molar-refractivity contribution in [1.82, 2.24) is 0 Å². The molecule has 0 saturated carbocycles. The Balaban J connectivity index is 2.34. The van der Waals surface area contributed by atoms with E-state index in [0.29, 0.717) is 25.9 Å². The maximum Gasteiger partial charge on any atom is 0.351 e. The molecule has 1 aliphatic heterocycles. The van der Waals surface area contributed by atoms with Gasteiger partial charge in [0.15, 0.2) is 0 Å². The molecular formula is C11H24O4Si. The minimum absolute atomic E-state index is 0.161. The first-order chi connectivity index (χ1) is 7.81. The molecule has 5 heteroatoms. The predicted molar refractivity (Wildman–Crippen MR) is 64.8 cm³/mol. The van der Waals surface area contributed by atoms with Crippen molar-refractivity contribution in [1.29, 1.82) is 0 Å². The van der Waals surface area contributed by atoms with E-state index in [9.17, 15) is 0 Å². The molecule has 0 aromatic heterocycles. The fourth-order valence-electron chi connectivity index (χ4n) is 1.57. The molecule has 2 unspecified atom stereocenters. The molecule has 96 valence electrons. The van der Waals surface area contributed by atoms with Gasteiger partial charge in [0.2, 0.25) is 0 Å². The van der Waals surface area contributed by atoms with Crippen LogP contribution in [0.4, 0.5) is 0 Å². The quantitative estimate of drug-likeness (QED) is 0.433. The Bertz CT molecular complexity index is 169. The van der Waals surface area contributed by atoms with Crippen LogP contribution in [0.5, 0.6) is 0 Å². The van der Waals surface area contributed by atoms with Crippen LogP contribution >= 0.6 is 0 Å². The molecule has 0 aromatic rings. The Morgan fingerprint density at radius 3 is 2.31 bits per heavy atom. The van der Waals surface area contributed by atoms with Crippen molar-refractivity contribution in [2.24, 2.45) is 0 Å². The second kappa shape index (κ2) is 8.19. The molecule has 2 atom stereocenters. The van der Waals surface area contributed by atoms with Gasteiger partial charge in [-0.25, -0.2) is 0 Å². The Morgan fingerprint density at radius 2 is 1.88 bits per heavy atom. The minimum Gasteiger partial charge on any atom is -0.395 e. The van der Waals surface area contributed by atoms with Crippen LogP contribution in [0, 0.1) is 0 Å². The predicted octanol–water partition coefficient (Wildman–Crippen LogP) is 1.40. The topological polar surface area (TPSA) is 40.2 Å². The van der Waals surface area contributed by atoms with E-state index in [-0.39, 0.29) is 5.73 Å². The zero-order chi connectivity index (χ0) is 11.8. The summed E-state index contributed by atoms with van der Waals surface area (Å²) in [7, 11) is -1.68. The molecule has 1 saturated heterocycles. The Labute approximate surface area is 100 Å². The molecule has 0 aromatic carbocycles. The van der Waals surface area contributed by atoms with Crippen molar-refractivity contribution in [3.05, 3.63) is 0 Å². The Morgan fingerprint density at radius 1 is 1.25 bits per heavy atom. The lowest BCUT2D eigenvalue weighted by Crippen LogP contribution is -2.40. The van der Waals surface area contributed by atoms with Crippen LogP contribution in [0.1, 0.15) is 33.6 Å².